The second-order valence-electron chi connectivity index (χ2n) is 5.60. The monoisotopic (exact) mass is 350 g/mol. The van der Waals surface area contributed by atoms with Gasteiger partial charge in [-0.2, -0.15) is 0 Å². The van der Waals surface area contributed by atoms with Crippen molar-refractivity contribution in [1.29, 1.82) is 0 Å². The van der Waals surface area contributed by atoms with Gasteiger partial charge < -0.3 is 5.32 Å². The van der Waals surface area contributed by atoms with Gasteiger partial charge in [0, 0.05) is 34.6 Å². The topological polar surface area (TPSA) is 24.9 Å². The summed E-state index contributed by atoms with van der Waals surface area (Å²) in [5, 5.41) is 6.97. The summed E-state index contributed by atoms with van der Waals surface area (Å²) in [5.74, 6) is 1.25. The van der Waals surface area contributed by atoms with Crippen LogP contribution in [0.1, 0.15) is 42.2 Å². The molecular weight excluding hydrogens is 332 g/mol. The minimum atomic E-state index is 0.515. The molecule has 0 radical (unpaired) electrons. The summed E-state index contributed by atoms with van der Waals surface area (Å²) < 4.78 is 1.16. The standard InChI is InChI=1S/C16H19BrN2S/c1-11(16-18-6-7-20-16)10-19-15-8-13(9-15)12-2-4-14(17)5-3-12/h2-7,11,13,15,19H,8-10H2,1H3. The Balaban J connectivity index is 1.43. The molecule has 0 saturated heterocycles. The van der Waals surface area contributed by atoms with E-state index in [0.717, 1.165) is 16.9 Å². The molecule has 3 rings (SSSR count). The molecule has 4 heteroatoms. The molecule has 106 valence electrons. The van der Waals surface area contributed by atoms with Crippen LogP contribution in [0.5, 0.6) is 0 Å². The van der Waals surface area contributed by atoms with E-state index in [9.17, 15) is 0 Å². The number of aromatic nitrogens is 1. The van der Waals surface area contributed by atoms with Crippen LogP contribution in [0.4, 0.5) is 0 Å². The fourth-order valence-corrected chi connectivity index (χ4v) is 3.66. The van der Waals surface area contributed by atoms with Crippen LogP contribution in [0.25, 0.3) is 0 Å². The fraction of sp³-hybridized carbons (Fsp3) is 0.438. The summed E-state index contributed by atoms with van der Waals surface area (Å²) in [6, 6.07) is 9.43. The third kappa shape index (κ3) is 3.30. The number of halogens is 1. The third-order valence-corrected chi connectivity index (χ3v) is 5.60. The molecule has 0 bridgehead atoms. The lowest BCUT2D eigenvalue weighted by Crippen LogP contribution is -2.41. The molecule has 0 aliphatic heterocycles. The Morgan fingerprint density at radius 3 is 2.75 bits per heavy atom. The van der Waals surface area contributed by atoms with E-state index in [1.807, 2.05) is 6.20 Å². The van der Waals surface area contributed by atoms with Crippen molar-refractivity contribution in [3.63, 3.8) is 0 Å². The van der Waals surface area contributed by atoms with Gasteiger partial charge in [-0.15, -0.1) is 11.3 Å². The number of hydrogen-bond acceptors (Lipinski definition) is 3. The Hall–Kier alpha value is -0.710. The number of hydrogen-bond donors (Lipinski definition) is 1. The quantitative estimate of drug-likeness (QED) is 0.855. The summed E-state index contributed by atoms with van der Waals surface area (Å²) in [6.45, 7) is 3.28. The predicted molar refractivity (Wildman–Crippen MR) is 88.4 cm³/mol. The van der Waals surface area contributed by atoms with E-state index in [0.29, 0.717) is 12.0 Å². The predicted octanol–water partition coefficient (Wildman–Crippen LogP) is 4.54. The molecule has 1 atom stereocenters. The van der Waals surface area contributed by atoms with Crippen molar-refractivity contribution in [2.24, 2.45) is 0 Å². The molecule has 1 aliphatic carbocycles. The zero-order valence-electron chi connectivity index (χ0n) is 11.6. The smallest absolute Gasteiger partial charge is 0.0965 e. The van der Waals surface area contributed by atoms with Crippen LogP contribution in [0, 0.1) is 0 Å². The van der Waals surface area contributed by atoms with Crippen molar-refractivity contribution >= 4 is 27.3 Å². The first-order valence-corrected chi connectivity index (χ1v) is 8.78. The summed E-state index contributed by atoms with van der Waals surface area (Å²) in [7, 11) is 0. The van der Waals surface area contributed by atoms with Crippen molar-refractivity contribution < 1.29 is 0 Å². The van der Waals surface area contributed by atoms with Crippen LogP contribution < -0.4 is 5.32 Å². The zero-order valence-corrected chi connectivity index (χ0v) is 14.0. The van der Waals surface area contributed by atoms with Crippen LogP contribution in [0.15, 0.2) is 40.3 Å². The van der Waals surface area contributed by atoms with Gasteiger partial charge in [0.2, 0.25) is 0 Å². The Morgan fingerprint density at radius 2 is 2.10 bits per heavy atom. The van der Waals surface area contributed by atoms with Gasteiger partial charge in [0.15, 0.2) is 0 Å². The van der Waals surface area contributed by atoms with Gasteiger partial charge >= 0.3 is 0 Å². The van der Waals surface area contributed by atoms with Crippen molar-refractivity contribution in [3.05, 3.63) is 50.9 Å². The van der Waals surface area contributed by atoms with Crippen LogP contribution in [0.2, 0.25) is 0 Å². The largest absolute Gasteiger partial charge is 0.313 e. The normalized spacial score (nSPS) is 23.3. The highest BCUT2D eigenvalue weighted by atomic mass is 79.9. The molecule has 0 spiro atoms. The van der Waals surface area contributed by atoms with Crippen LogP contribution in [-0.4, -0.2) is 17.6 Å². The van der Waals surface area contributed by atoms with Gasteiger partial charge in [-0.3, -0.25) is 0 Å². The van der Waals surface area contributed by atoms with Gasteiger partial charge in [-0.25, -0.2) is 4.98 Å². The first-order valence-electron chi connectivity index (χ1n) is 7.10. The highest BCUT2D eigenvalue weighted by Crippen LogP contribution is 2.37. The van der Waals surface area contributed by atoms with Gasteiger partial charge in [0.1, 0.15) is 0 Å². The van der Waals surface area contributed by atoms with Gasteiger partial charge in [-0.1, -0.05) is 35.0 Å². The molecule has 1 heterocycles. The summed E-state index contributed by atoms with van der Waals surface area (Å²) in [6.07, 6.45) is 4.40. The number of nitrogens with zero attached hydrogens (tertiary/aromatic N) is 1. The third-order valence-electron chi connectivity index (χ3n) is 4.07. The lowest BCUT2D eigenvalue weighted by atomic mass is 9.76. The average molecular weight is 351 g/mol. The maximum atomic E-state index is 4.38. The van der Waals surface area contributed by atoms with E-state index in [1.165, 1.54) is 23.4 Å². The molecule has 2 aromatic rings. The van der Waals surface area contributed by atoms with E-state index in [2.05, 4.69) is 62.8 Å². The average Bonchev–Trinajstić information content (AvgIpc) is 2.92. The molecule has 1 fully saturated rings. The number of thiazole rings is 1. The van der Waals surface area contributed by atoms with Gasteiger partial charge in [0.05, 0.1) is 5.01 Å². The maximum Gasteiger partial charge on any atom is 0.0965 e. The Kier molecular flexibility index (Phi) is 4.54. The van der Waals surface area contributed by atoms with Crippen LogP contribution >= 0.6 is 27.3 Å². The highest BCUT2D eigenvalue weighted by Gasteiger charge is 2.30. The molecule has 20 heavy (non-hydrogen) atoms. The molecule has 1 aliphatic rings. The minimum Gasteiger partial charge on any atom is -0.313 e. The van der Waals surface area contributed by atoms with Crippen molar-refractivity contribution in [3.8, 4) is 0 Å². The molecular formula is C16H19BrN2S. The Morgan fingerprint density at radius 1 is 1.35 bits per heavy atom. The summed E-state index contributed by atoms with van der Waals surface area (Å²) in [4.78, 5) is 4.38. The van der Waals surface area contributed by atoms with Crippen molar-refractivity contribution in [1.82, 2.24) is 10.3 Å². The van der Waals surface area contributed by atoms with E-state index < -0.39 is 0 Å². The molecule has 1 saturated carbocycles. The van der Waals surface area contributed by atoms with E-state index in [-0.39, 0.29) is 0 Å². The lowest BCUT2D eigenvalue weighted by molar-refractivity contribution is 0.287. The van der Waals surface area contributed by atoms with E-state index in [1.54, 1.807) is 11.3 Å². The fourth-order valence-electron chi connectivity index (χ4n) is 2.70. The van der Waals surface area contributed by atoms with Gasteiger partial charge in [0.25, 0.3) is 0 Å². The summed E-state index contributed by atoms with van der Waals surface area (Å²) >= 11 is 5.24. The molecule has 0 amide bonds. The second-order valence-corrected chi connectivity index (χ2v) is 7.44. The van der Waals surface area contributed by atoms with E-state index in [4.69, 9.17) is 0 Å². The van der Waals surface area contributed by atoms with Crippen LogP contribution in [0.3, 0.4) is 0 Å². The maximum absolute atomic E-state index is 4.38. The van der Waals surface area contributed by atoms with Crippen LogP contribution in [-0.2, 0) is 0 Å². The lowest BCUT2D eigenvalue weighted by Gasteiger charge is -2.37. The minimum absolute atomic E-state index is 0.515. The Bertz CT molecular complexity index is 532. The Labute approximate surface area is 132 Å². The molecule has 1 aromatic heterocycles. The molecule has 2 nitrogen and oxygen atoms in total. The SMILES string of the molecule is CC(CNC1CC(c2ccc(Br)cc2)C1)c1nccs1. The molecule has 1 unspecified atom stereocenters. The number of rotatable bonds is 5. The molecule has 1 N–H and O–H groups in total. The first kappa shape index (κ1) is 14.2. The number of nitrogens with one attached hydrogen (secondary N) is 1. The second kappa shape index (κ2) is 6.37. The molecule has 1 aromatic carbocycles. The number of benzene rings is 1. The van der Waals surface area contributed by atoms with Crippen molar-refractivity contribution in [2.45, 2.75) is 37.6 Å². The highest BCUT2D eigenvalue weighted by molar-refractivity contribution is 9.10. The van der Waals surface area contributed by atoms with E-state index >= 15 is 0 Å². The van der Waals surface area contributed by atoms with Gasteiger partial charge in [-0.05, 0) is 36.5 Å². The summed E-state index contributed by atoms with van der Waals surface area (Å²) in [5.41, 5.74) is 1.47. The zero-order chi connectivity index (χ0) is 13.9. The first-order chi connectivity index (χ1) is 9.72. The van der Waals surface area contributed by atoms with Crippen molar-refractivity contribution in [2.75, 3.05) is 6.54 Å².